The second-order valence-corrected chi connectivity index (χ2v) is 5.78. The van der Waals surface area contributed by atoms with Crippen LogP contribution in [0.4, 0.5) is 17.6 Å². The Morgan fingerprint density at radius 3 is 2.58 bits per heavy atom. The van der Waals surface area contributed by atoms with E-state index in [9.17, 15) is 27.2 Å². The van der Waals surface area contributed by atoms with Crippen LogP contribution in [-0.4, -0.2) is 23.5 Å². The van der Waals surface area contributed by atoms with E-state index in [1.54, 1.807) is 0 Å². The number of halogens is 4. The van der Waals surface area contributed by atoms with Crippen molar-refractivity contribution >= 4 is 11.8 Å². The highest BCUT2D eigenvalue weighted by molar-refractivity contribution is 6.15. The molecule has 138 valence electrons. The van der Waals surface area contributed by atoms with Crippen LogP contribution < -0.4 is 0 Å². The molecule has 26 heavy (non-hydrogen) atoms. The molecule has 9 heteroatoms. The molecule has 0 N–H and O–H groups in total. The van der Waals surface area contributed by atoms with Crippen molar-refractivity contribution in [2.45, 2.75) is 31.9 Å². The molecule has 1 aromatic carbocycles. The largest absolute Gasteiger partial charge is 0.461 e. The molecule has 1 saturated carbocycles. The van der Waals surface area contributed by atoms with Gasteiger partial charge < -0.3 is 9.26 Å². The van der Waals surface area contributed by atoms with Gasteiger partial charge in [-0.25, -0.2) is 9.18 Å². The Morgan fingerprint density at radius 1 is 1.31 bits per heavy atom. The Bertz CT molecular complexity index is 868. The number of nitrogens with zero attached hydrogens (tertiary/aromatic N) is 1. The number of rotatable bonds is 5. The maximum Gasteiger partial charge on any atom is 0.417 e. The molecule has 1 aliphatic rings. The Balaban J connectivity index is 2.14. The second-order valence-electron chi connectivity index (χ2n) is 5.78. The Kier molecular flexibility index (Phi) is 4.55. The third-order valence-corrected chi connectivity index (χ3v) is 3.89. The zero-order valence-electron chi connectivity index (χ0n) is 13.5. The summed E-state index contributed by atoms with van der Waals surface area (Å²) in [5.41, 5.74) is -3.05. The van der Waals surface area contributed by atoms with Crippen molar-refractivity contribution in [2.24, 2.45) is 0 Å². The highest BCUT2D eigenvalue weighted by Gasteiger charge is 2.41. The first-order valence-corrected chi connectivity index (χ1v) is 7.82. The van der Waals surface area contributed by atoms with Crippen LogP contribution in [0.2, 0.25) is 0 Å². The molecule has 0 saturated heterocycles. The van der Waals surface area contributed by atoms with Gasteiger partial charge in [-0.15, -0.1) is 0 Å². The van der Waals surface area contributed by atoms with E-state index in [-0.39, 0.29) is 29.9 Å². The van der Waals surface area contributed by atoms with Crippen LogP contribution in [0.3, 0.4) is 0 Å². The van der Waals surface area contributed by atoms with E-state index >= 15 is 0 Å². The van der Waals surface area contributed by atoms with Crippen molar-refractivity contribution in [2.75, 3.05) is 6.61 Å². The summed E-state index contributed by atoms with van der Waals surface area (Å²) in [6.07, 6.45) is -3.63. The van der Waals surface area contributed by atoms with Gasteiger partial charge in [-0.05, 0) is 38.0 Å². The fraction of sp³-hybridized carbons (Fsp3) is 0.353. The third-order valence-electron chi connectivity index (χ3n) is 3.89. The van der Waals surface area contributed by atoms with E-state index in [0.717, 1.165) is 12.1 Å². The first-order valence-electron chi connectivity index (χ1n) is 7.82. The fourth-order valence-corrected chi connectivity index (χ4v) is 2.57. The van der Waals surface area contributed by atoms with Crippen LogP contribution in [0, 0.1) is 5.82 Å². The number of carbonyl (C=O) groups excluding carboxylic acids is 2. The minimum absolute atomic E-state index is 0.0115. The second kappa shape index (κ2) is 6.54. The zero-order chi connectivity index (χ0) is 19.1. The summed E-state index contributed by atoms with van der Waals surface area (Å²) in [5, 5.41) is 3.53. The molecule has 0 bridgehead atoms. The summed E-state index contributed by atoms with van der Waals surface area (Å²) >= 11 is 0. The molecule has 0 aliphatic heterocycles. The maximum atomic E-state index is 13.3. The number of hydrogen-bond donors (Lipinski definition) is 0. The highest BCUT2D eigenvalue weighted by Crippen LogP contribution is 2.43. The monoisotopic (exact) mass is 371 g/mol. The standard InChI is InChI=1S/C17H13F4NO4/c1-2-25-16(24)13-12(15(26-22-13)8-3-4-8)14(23)10-6-5-9(18)7-11(10)17(19,20)21/h5-8H,2-4H2,1H3. The molecule has 1 heterocycles. The number of ether oxygens (including phenoxy) is 1. The molecule has 0 atom stereocenters. The van der Waals surface area contributed by atoms with Crippen molar-refractivity contribution in [3.8, 4) is 0 Å². The average Bonchev–Trinajstić information content (AvgIpc) is 3.32. The van der Waals surface area contributed by atoms with Crippen molar-refractivity contribution in [1.29, 1.82) is 0 Å². The normalized spacial score (nSPS) is 14.3. The minimum Gasteiger partial charge on any atom is -0.461 e. The summed E-state index contributed by atoms with van der Waals surface area (Å²) in [6.45, 7) is 1.52. The molecule has 3 rings (SSSR count). The fourth-order valence-electron chi connectivity index (χ4n) is 2.57. The summed E-state index contributed by atoms with van der Waals surface area (Å²) in [4.78, 5) is 24.9. The van der Waals surface area contributed by atoms with E-state index in [1.165, 1.54) is 6.92 Å². The third kappa shape index (κ3) is 3.33. The molecular formula is C17H13F4NO4. The van der Waals surface area contributed by atoms with Crippen LogP contribution in [0.25, 0.3) is 0 Å². The van der Waals surface area contributed by atoms with Crippen molar-refractivity contribution in [3.63, 3.8) is 0 Å². The quantitative estimate of drug-likeness (QED) is 0.449. The molecule has 0 spiro atoms. The van der Waals surface area contributed by atoms with E-state index in [0.29, 0.717) is 12.8 Å². The smallest absolute Gasteiger partial charge is 0.417 e. The predicted octanol–water partition coefficient (Wildman–Crippen LogP) is 4.12. The van der Waals surface area contributed by atoms with Crippen molar-refractivity contribution < 1.29 is 36.4 Å². The van der Waals surface area contributed by atoms with Crippen LogP contribution in [0.1, 0.15) is 63.4 Å². The molecule has 5 nitrogen and oxygen atoms in total. The Morgan fingerprint density at radius 2 is 2.00 bits per heavy atom. The van der Waals surface area contributed by atoms with Gasteiger partial charge in [-0.3, -0.25) is 4.79 Å². The van der Waals surface area contributed by atoms with Gasteiger partial charge in [0.2, 0.25) is 5.69 Å². The van der Waals surface area contributed by atoms with E-state index in [2.05, 4.69) is 5.16 Å². The molecule has 1 fully saturated rings. The summed E-state index contributed by atoms with van der Waals surface area (Å²) < 4.78 is 62.8. The number of esters is 1. The first kappa shape index (κ1) is 18.1. The number of aromatic nitrogens is 1. The number of carbonyl (C=O) groups is 2. The van der Waals surface area contributed by atoms with Crippen LogP contribution in [0.15, 0.2) is 22.7 Å². The lowest BCUT2D eigenvalue weighted by Crippen LogP contribution is -2.18. The SMILES string of the molecule is CCOC(=O)c1noc(C2CC2)c1C(=O)c1ccc(F)cc1C(F)(F)F. The molecule has 1 aliphatic carbocycles. The van der Waals surface area contributed by atoms with Gasteiger partial charge in [-0.2, -0.15) is 13.2 Å². The van der Waals surface area contributed by atoms with Gasteiger partial charge in [0, 0.05) is 11.5 Å². The van der Waals surface area contributed by atoms with Gasteiger partial charge >= 0.3 is 12.1 Å². The number of benzene rings is 1. The topological polar surface area (TPSA) is 69.4 Å². The molecular weight excluding hydrogens is 358 g/mol. The van der Waals surface area contributed by atoms with Gasteiger partial charge in [-0.1, -0.05) is 5.16 Å². The van der Waals surface area contributed by atoms with E-state index in [1.807, 2.05) is 0 Å². The van der Waals surface area contributed by atoms with Crippen LogP contribution in [0.5, 0.6) is 0 Å². The van der Waals surface area contributed by atoms with E-state index in [4.69, 9.17) is 9.26 Å². The van der Waals surface area contributed by atoms with Gasteiger partial charge in [0.1, 0.15) is 11.4 Å². The van der Waals surface area contributed by atoms with Crippen molar-refractivity contribution in [1.82, 2.24) is 5.16 Å². The lowest BCUT2D eigenvalue weighted by molar-refractivity contribution is -0.138. The van der Waals surface area contributed by atoms with Crippen molar-refractivity contribution in [3.05, 3.63) is 52.2 Å². The van der Waals surface area contributed by atoms with Gasteiger partial charge in [0.05, 0.1) is 12.2 Å². The summed E-state index contributed by atoms with van der Waals surface area (Å²) in [7, 11) is 0. The zero-order valence-corrected chi connectivity index (χ0v) is 13.5. The molecule has 1 aromatic heterocycles. The molecule has 0 unspecified atom stereocenters. The van der Waals surface area contributed by atoms with E-state index < -0.39 is 40.6 Å². The Hall–Kier alpha value is -2.71. The lowest BCUT2D eigenvalue weighted by Gasteiger charge is -2.12. The summed E-state index contributed by atoms with van der Waals surface area (Å²) in [5.74, 6) is -3.35. The molecule has 2 aromatic rings. The predicted molar refractivity (Wildman–Crippen MR) is 79.3 cm³/mol. The number of ketones is 1. The summed E-state index contributed by atoms with van der Waals surface area (Å²) in [6, 6.07) is 1.72. The number of alkyl halides is 3. The Labute approximate surface area is 144 Å². The van der Waals surface area contributed by atoms with Crippen LogP contribution in [-0.2, 0) is 10.9 Å². The lowest BCUT2D eigenvalue weighted by atomic mass is 9.95. The highest BCUT2D eigenvalue weighted by atomic mass is 19.4. The molecule has 0 radical (unpaired) electrons. The molecule has 0 amide bonds. The van der Waals surface area contributed by atoms with Gasteiger partial charge in [0.25, 0.3) is 0 Å². The van der Waals surface area contributed by atoms with Crippen LogP contribution >= 0.6 is 0 Å². The number of hydrogen-bond acceptors (Lipinski definition) is 5. The van der Waals surface area contributed by atoms with Gasteiger partial charge in [0.15, 0.2) is 11.5 Å². The first-order chi connectivity index (χ1) is 12.2. The minimum atomic E-state index is -4.95. The maximum absolute atomic E-state index is 13.3. The average molecular weight is 371 g/mol.